The number of rotatable bonds is 1. The van der Waals surface area contributed by atoms with Gasteiger partial charge in [-0.15, -0.1) is 24.0 Å². The average molecular weight is 238 g/mol. The normalized spacial score (nSPS) is 8.11. The van der Waals surface area contributed by atoms with Crippen molar-refractivity contribution in [2.45, 2.75) is 6.67 Å². The van der Waals surface area contributed by atoms with Crippen LogP contribution in [0.25, 0.3) is 0 Å². The molecule has 0 nitrogen and oxygen atoms in total. The first-order valence-electron chi connectivity index (χ1n) is 2.53. The molecule has 0 aromatic heterocycles. The zero-order chi connectivity index (χ0) is 5.82. The van der Waals surface area contributed by atoms with Crippen molar-refractivity contribution in [2.75, 3.05) is 0 Å². The maximum atomic E-state index is 11.7. The van der Waals surface area contributed by atoms with Crippen molar-refractivity contribution in [3.05, 3.63) is 35.9 Å². The van der Waals surface area contributed by atoms with Gasteiger partial charge in [0.1, 0.15) is 6.67 Å². The molecule has 0 saturated carbocycles. The molecule has 0 saturated heterocycles. The van der Waals surface area contributed by atoms with Gasteiger partial charge in [-0.2, -0.15) is 0 Å². The van der Waals surface area contributed by atoms with Crippen LogP contribution in [0.15, 0.2) is 30.3 Å². The van der Waals surface area contributed by atoms with Crippen LogP contribution < -0.4 is 0 Å². The fraction of sp³-hybridized carbons (Fsp3) is 0.143. The van der Waals surface area contributed by atoms with Gasteiger partial charge >= 0.3 is 0 Å². The highest BCUT2D eigenvalue weighted by molar-refractivity contribution is 14.0. The number of alkyl halides is 1. The van der Waals surface area contributed by atoms with Crippen LogP contribution in [0.5, 0.6) is 0 Å². The third-order valence-corrected chi connectivity index (χ3v) is 0.997. The summed E-state index contributed by atoms with van der Waals surface area (Å²) in [5.74, 6) is 0. The van der Waals surface area contributed by atoms with Gasteiger partial charge in [0, 0.05) is 0 Å². The van der Waals surface area contributed by atoms with Gasteiger partial charge in [0.05, 0.1) is 0 Å². The lowest BCUT2D eigenvalue weighted by Gasteiger charge is -1.87. The summed E-state index contributed by atoms with van der Waals surface area (Å²) in [7, 11) is 0. The molecule has 50 valence electrons. The molecule has 0 fully saturated rings. The molecule has 2 heteroatoms. The van der Waals surface area contributed by atoms with Crippen LogP contribution in [0, 0.1) is 0 Å². The number of hydrogen-bond acceptors (Lipinski definition) is 0. The van der Waals surface area contributed by atoms with Crippen molar-refractivity contribution in [2.24, 2.45) is 0 Å². The Morgan fingerprint density at radius 2 is 1.67 bits per heavy atom. The molecular weight excluding hydrogens is 230 g/mol. The molecule has 9 heavy (non-hydrogen) atoms. The molecule has 0 aliphatic heterocycles. The van der Waals surface area contributed by atoms with E-state index in [1.54, 1.807) is 12.1 Å². The van der Waals surface area contributed by atoms with Crippen molar-refractivity contribution < 1.29 is 4.39 Å². The van der Waals surface area contributed by atoms with Gasteiger partial charge in [-0.05, 0) is 5.56 Å². The van der Waals surface area contributed by atoms with Crippen LogP contribution in [-0.2, 0) is 6.67 Å². The van der Waals surface area contributed by atoms with Gasteiger partial charge in [-0.3, -0.25) is 0 Å². The topological polar surface area (TPSA) is 0 Å². The molecule has 0 heterocycles. The van der Waals surface area contributed by atoms with Gasteiger partial charge in [-0.1, -0.05) is 30.3 Å². The lowest BCUT2D eigenvalue weighted by atomic mass is 10.2. The second-order valence-electron chi connectivity index (χ2n) is 1.62. The molecule has 0 radical (unpaired) electrons. The van der Waals surface area contributed by atoms with Crippen molar-refractivity contribution in [1.82, 2.24) is 0 Å². The summed E-state index contributed by atoms with van der Waals surface area (Å²) in [6.45, 7) is -0.360. The van der Waals surface area contributed by atoms with Gasteiger partial charge in [-0.25, -0.2) is 4.39 Å². The SMILES string of the molecule is FCc1ccccc1.I. The van der Waals surface area contributed by atoms with E-state index in [9.17, 15) is 4.39 Å². The van der Waals surface area contributed by atoms with Gasteiger partial charge < -0.3 is 0 Å². The third-order valence-electron chi connectivity index (χ3n) is 0.997. The summed E-state index contributed by atoms with van der Waals surface area (Å²) in [5, 5.41) is 0. The molecule has 0 atom stereocenters. The number of benzene rings is 1. The minimum absolute atomic E-state index is 0. The Bertz CT molecular complexity index is 150. The van der Waals surface area contributed by atoms with Crippen molar-refractivity contribution >= 4 is 24.0 Å². The standard InChI is InChI=1S/C7H7F.HI/c8-6-7-4-2-1-3-5-7;/h1-5H,6H2;1H. The minimum atomic E-state index is -0.360. The molecule has 0 aliphatic rings. The van der Waals surface area contributed by atoms with Crippen LogP contribution in [0.2, 0.25) is 0 Å². The minimum Gasteiger partial charge on any atom is -0.246 e. The summed E-state index contributed by atoms with van der Waals surface area (Å²) in [5.41, 5.74) is 0.743. The molecule has 0 amide bonds. The second-order valence-corrected chi connectivity index (χ2v) is 1.62. The second kappa shape index (κ2) is 4.73. The Labute approximate surface area is 71.1 Å². The molecule has 1 aromatic carbocycles. The van der Waals surface area contributed by atoms with Gasteiger partial charge in [0.25, 0.3) is 0 Å². The fourth-order valence-corrected chi connectivity index (χ4v) is 0.567. The zero-order valence-corrected chi connectivity index (χ0v) is 7.21. The lowest BCUT2D eigenvalue weighted by molar-refractivity contribution is 0.485. The highest BCUT2D eigenvalue weighted by Gasteiger charge is 1.82. The van der Waals surface area contributed by atoms with Crippen LogP contribution in [0.3, 0.4) is 0 Å². The molecule has 0 aliphatic carbocycles. The predicted octanol–water partition coefficient (Wildman–Crippen LogP) is 2.77. The third kappa shape index (κ3) is 2.79. The van der Waals surface area contributed by atoms with E-state index in [2.05, 4.69) is 0 Å². The predicted molar refractivity (Wildman–Crippen MR) is 46.7 cm³/mol. The summed E-state index contributed by atoms with van der Waals surface area (Å²) < 4.78 is 11.7. The molecule has 0 spiro atoms. The van der Waals surface area contributed by atoms with E-state index in [1.807, 2.05) is 18.2 Å². The smallest absolute Gasteiger partial charge is 0.115 e. The molecule has 1 rings (SSSR count). The number of halogens is 2. The van der Waals surface area contributed by atoms with E-state index >= 15 is 0 Å². The Kier molecular flexibility index (Phi) is 4.67. The summed E-state index contributed by atoms with van der Waals surface area (Å²) >= 11 is 0. The van der Waals surface area contributed by atoms with Crippen molar-refractivity contribution in [1.29, 1.82) is 0 Å². The maximum absolute atomic E-state index is 11.7. The zero-order valence-electron chi connectivity index (χ0n) is 4.88. The van der Waals surface area contributed by atoms with Crippen molar-refractivity contribution in [3.8, 4) is 0 Å². The first-order valence-corrected chi connectivity index (χ1v) is 2.53. The molecule has 0 unspecified atom stereocenters. The Morgan fingerprint density at radius 3 is 2.00 bits per heavy atom. The number of hydrogen-bond donors (Lipinski definition) is 0. The largest absolute Gasteiger partial charge is 0.246 e. The molecule has 0 bridgehead atoms. The maximum Gasteiger partial charge on any atom is 0.115 e. The van der Waals surface area contributed by atoms with Crippen LogP contribution >= 0.6 is 24.0 Å². The Balaban J connectivity index is 0.000000640. The van der Waals surface area contributed by atoms with E-state index in [-0.39, 0.29) is 30.7 Å². The van der Waals surface area contributed by atoms with Gasteiger partial charge in [0.15, 0.2) is 0 Å². The van der Waals surface area contributed by atoms with E-state index < -0.39 is 0 Å². The van der Waals surface area contributed by atoms with Crippen LogP contribution in [0.1, 0.15) is 5.56 Å². The average Bonchev–Trinajstić information content (AvgIpc) is 1.90. The summed E-state index contributed by atoms with van der Waals surface area (Å²) in [6.07, 6.45) is 0. The molecule has 0 N–H and O–H groups in total. The lowest BCUT2D eigenvalue weighted by Crippen LogP contribution is -1.72. The molecule has 1 aromatic rings. The van der Waals surface area contributed by atoms with E-state index in [0.29, 0.717) is 0 Å². The Hall–Kier alpha value is -0.120. The van der Waals surface area contributed by atoms with E-state index in [4.69, 9.17) is 0 Å². The van der Waals surface area contributed by atoms with Crippen molar-refractivity contribution in [3.63, 3.8) is 0 Å². The van der Waals surface area contributed by atoms with Crippen LogP contribution in [-0.4, -0.2) is 0 Å². The summed E-state index contributed by atoms with van der Waals surface area (Å²) in [4.78, 5) is 0. The monoisotopic (exact) mass is 238 g/mol. The first kappa shape index (κ1) is 8.88. The van der Waals surface area contributed by atoms with E-state index in [0.717, 1.165) is 5.56 Å². The fourth-order valence-electron chi connectivity index (χ4n) is 0.567. The first-order chi connectivity index (χ1) is 3.93. The molecular formula is C7H8FI. The quantitative estimate of drug-likeness (QED) is 0.660. The van der Waals surface area contributed by atoms with E-state index in [1.165, 1.54) is 0 Å². The summed E-state index contributed by atoms with van der Waals surface area (Å²) in [6, 6.07) is 9.06. The highest BCUT2D eigenvalue weighted by Crippen LogP contribution is 1.98. The van der Waals surface area contributed by atoms with Gasteiger partial charge in [0.2, 0.25) is 0 Å². The Morgan fingerprint density at radius 1 is 1.11 bits per heavy atom. The highest BCUT2D eigenvalue weighted by atomic mass is 127. The van der Waals surface area contributed by atoms with Crippen LogP contribution in [0.4, 0.5) is 4.39 Å².